The van der Waals surface area contributed by atoms with Crippen LogP contribution in [-0.4, -0.2) is 67.0 Å². The van der Waals surface area contributed by atoms with Crippen molar-refractivity contribution in [2.75, 3.05) is 39.4 Å². The van der Waals surface area contributed by atoms with Crippen molar-refractivity contribution in [1.29, 1.82) is 0 Å². The molecule has 1 aromatic heterocycles. The van der Waals surface area contributed by atoms with E-state index in [0.717, 1.165) is 30.8 Å². The van der Waals surface area contributed by atoms with Crippen LogP contribution in [0.4, 0.5) is 9.80 Å². The number of nitrogens with one attached hydrogen (secondary N) is 2. The van der Waals surface area contributed by atoms with Crippen LogP contribution in [0.3, 0.4) is 0 Å². The number of thiophene rings is 1. The predicted octanol–water partition coefficient (Wildman–Crippen LogP) is 1.73. The lowest BCUT2D eigenvalue weighted by Gasteiger charge is -2.31. The second-order valence-electron chi connectivity index (χ2n) is 6.96. The van der Waals surface area contributed by atoms with Gasteiger partial charge in [0.2, 0.25) is 0 Å². The second-order valence-corrected chi connectivity index (χ2v) is 8.11. The molecule has 2 saturated heterocycles. The van der Waals surface area contributed by atoms with Crippen molar-refractivity contribution in [2.45, 2.75) is 38.0 Å². The number of hydrogen-bond donors (Lipinski definition) is 2. The van der Waals surface area contributed by atoms with Gasteiger partial charge in [-0.15, -0.1) is 0 Å². The molecule has 1 aromatic rings. The van der Waals surface area contributed by atoms with E-state index in [1.165, 1.54) is 11.3 Å². The number of ether oxygens (including phenoxy) is 2. The quantitative estimate of drug-likeness (QED) is 0.558. The Labute approximate surface area is 162 Å². The van der Waals surface area contributed by atoms with E-state index in [-0.39, 0.29) is 27.7 Å². The zero-order valence-electron chi connectivity index (χ0n) is 15.4. The summed E-state index contributed by atoms with van der Waals surface area (Å²) in [6, 6.07) is 3.19. The largest absolute Gasteiger partial charge is 0.377 e. The van der Waals surface area contributed by atoms with E-state index in [9.17, 15) is 14.9 Å². The molecule has 150 valence electrons. The second kappa shape index (κ2) is 8.96. The van der Waals surface area contributed by atoms with E-state index in [4.69, 9.17) is 9.47 Å². The van der Waals surface area contributed by atoms with Gasteiger partial charge in [0, 0.05) is 43.7 Å². The summed E-state index contributed by atoms with van der Waals surface area (Å²) in [6.07, 6.45) is 1.71. The van der Waals surface area contributed by atoms with Crippen molar-refractivity contribution in [3.05, 3.63) is 27.1 Å². The molecule has 2 N–H and O–H groups in total. The lowest BCUT2D eigenvalue weighted by Crippen LogP contribution is -2.45. The van der Waals surface area contributed by atoms with Crippen LogP contribution in [0.15, 0.2) is 12.1 Å². The number of amides is 2. The summed E-state index contributed by atoms with van der Waals surface area (Å²) in [5.41, 5.74) is -0.382. The summed E-state index contributed by atoms with van der Waals surface area (Å²) in [4.78, 5) is 25.3. The summed E-state index contributed by atoms with van der Waals surface area (Å²) >= 11 is 1.21. The van der Waals surface area contributed by atoms with E-state index in [1.807, 2.05) is 13.0 Å². The number of carbonyl (C=O) groups excluding carboxylic acids is 1. The monoisotopic (exact) mass is 398 g/mol. The standard InChI is InChI=1S/C17H26N4O5S/c1-2-18-16(22)19-9-13-5-6-17(26-13)11-20(7-8-25-12-17)10-14-3-4-15(27-14)21(23)24/h3-4,13H,2,5-12H2,1H3,(H2,18,19,22)/t13-,17+/m1/s1. The number of rotatable bonds is 6. The Morgan fingerprint density at radius 1 is 1.48 bits per heavy atom. The van der Waals surface area contributed by atoms with E-state index < -0.39 is 0 Å². The molecule has 2 atom stereocenters. The van der Waals surface area contributed by atoms with Crippen LogP contribution >= 0.6 is 11.3 Å². The molecule has 2 aliphatic rings. The van der Waals surface area contributed by atoms with Gasteiger partial charge in [-0.25, -0.2) is 4.79 Å². The Morgan fingerprint density at radius 2 is 2.33 bits per heavy atom. The summed E-state index contributed by atoms with van der Waals surface area (Å²) < 4.78 is 12.1. The molecule has 3 rings (SSSR count). The maximum atomic E-state index is 11.6. The van der Waals surface area contributed by atoms with Gasteiger partial charge < -0.3 is 20.1 Å². The third-order valence-electron chi connectivity index (χ3n) is 4.80. The normalized spacial score (nSPS) is 26.0. The lowest BCUT2D eigenvalue weighted by atomic mass is 10.00. The van der Waals surface area contributed by atoms with Crippen LogP contribution in [0.1, 0.15) is 24.6 Å². The minimum atomic E-state index is -0.382. The van der Waals surface area contributed by atoms with Gasteiger partial charge in [-0.3, -0.25) is 15.0 Å². The summed E-state index contributed by atoms with van der Waals surface area (Å²) in [7, 11) is 0. The Morgan fingerprint density at radius 3 is 3.07 bits per heavy atom. The summed E-state index contributed by atoms with van der Waals surface area (Å²) in [5.74, 6) is 0. The first kappa shape index (κ1) is 20.0. The molecule has 2 aliphatic heterocycles. The highest BCUT2D eigenvalue weighted by molar-refractivity contribution is 7.15. The molecular weight excluding hydrogens is 372 g/mol. The molecule has 0 unspecified atom stereocenters. The molecule has 1 spiro atoms. The Balaban J connectivity index is 1.55. The van der Waals surface area contributed by atoms with Crippen LogP contribution in [0.25, 0.3) is 0 Å². The molecular formula is C17H26N4O5S. The number of nitrogens with zero attached hydrogens (tertiary/aromatic N) is 2. The lowest BCUT2D eigenvalue weighted by molar-refractivity contribution is -0.380. The Kier molecular flexibility index (Phi) is 6.64. The van der Waals surface area contributed by atoms with Crippen molar-refractivity contribution in [3.8, 4) is 0 Å². The van der Waals surface area contributed by atoms with Crippen LogP contribution in [0.2, 0.25) is 0 Å². The van der Waals surface area contributed by atoms with Gasteiger partial charge in [0.15, 0.2) is 0 Å². The number of carbonyl (C=O) groups is 1. The maximum absolute atomic E-state index is 11.6. The van der Waals surface area contributed by atoms with Crippen LogP contribution in [0.5, 0.6) is 0 Å². The summed E-state index contributed by atoms with van der Waals surface area (Å²) in [6.45, 7) is 6.21. The van der Waals surface area contributed by atoms with Gasteiger partial charge in [-0.2, -0.15) is 0 Å². The zero-order chi connectivity index (χ0) is 19.3. The molecule has 0 radical (unpaired) electrons. The number of nitro groups is 1. The number of hydrogen-bond acceptors (Lipinski definition) is 7. The molecule has 2 fully saturated rings. The highest BCUT2D eigenvalue weighted by Gasteiger charge is 2.43. The van der Waals surface area contributed by atoms with E-state index in [1.54, 1.807) is 6.07 Å². The topological polar surface area (TPSA) is 106 Å². The SMILES string of the molecule is CCNC(=O)NC[C@H]1CC[C@]2(COCCN(Cc3ccc([N+](=O)[O-])s3)C2)O1. The van der Waals surface area contributed by atoms with E-state index in [2.05, 4.69) is 15.5 Å². The Hall–Kier alpha value is -1.75. The molecule has 2 amide bonds. The van der Waals surface area contributed by atoms with E-state index in [0.29, 0.717) is 32.8 Å². The van der Waals surface area contributed by atoms with Crippen molar-refractivity contribution in [3.63, 3.8) is 0 Å². The van der Waals surface area contributed by atoms with Crippen LogP contribution in [0, 0.1) is 10.1 Å². The fourth-order valence-electron chi connectivity index (χ4n) is 3.58. The average molecular weight is 398 g/mol. The predicted molar refractivity (Wildman–Crippen MR) is 101 cm³/mol. The minimum Gasteiger partial charge on any atom is -0.377 e. The smallest absolute Gasteiger partial charge is 0.324 e. The van der Waals surface area contributed by atoms with Crippen LogP contribution < -0.4 is 10.6 Å². The highest BCUT2D eigenvalue weighted by atomic mass is 32.1. The fourth-order valence-corrected chi connectivity index (χ4v) is 4.44. The molecule has 0 saturated carbocycles. The first-order valence-electron chi connectivity index (χ1n) is 9.22. The maximum Gasteiger partial charge on any atom is 0.324 e. The van der Waals surface area contributed by atoms with Gasteiger partial charge in [-0.1, -0.05) is 11.3 Å². The molecule has 0 aromatic carbocycles. The fraction of sp³-hybridized carbons (Fsp3) is 0.706. The first-order chi connectivity index (χ1) is 13.0. The first-order valence-corrected chi connectivity index (χ1v) is 10.0. The molecule has 0 bridgehead atoms. The Bertz CT molecular complexity index is 670. The minimum absolute atomic E-state index is 0.0287. The molecule has 9 nitrogen and oxygen atoms in total. The molecule has 27 heavy (non-hydrogen) atoms. The third kappa shape index (κ3) is 5.38. The number of urea groups is 1. The van der Waals surface area contributed by atoms with Gasteiger partial charge in [0.1, 0.15) is 5.60 Å². The van der Waals surface area contributed by atoms with Crippen molar-refractivity contribution < 1.29 is 19.2 Å². The van der Waals surface area contributed by atoms with Gasteiger partial charge in [0.25, 0.3) is 0 Å². The van der Waals surface area contributed by atoms with Crippen molar-refractivity contribution in [2.24, 2.45) is 0 Å². The molecule has 0 aliphatic carbocycles. The van der Waals surface area contributed by atoms with Crippen molar-refractivity contribution in [1.82, 2.24) is 15.5 Å². The molecule has 3 heterocycles. The van der Waals surface area contributed by atoms with Crippen molar-refractivity contribution >= 4 is 22.4 Å². The third-order valence-corrected chi connectivity index (χ3v) is 5.82. The van der Waals surface area contributed by atoms with Gasteiger partial charge in [0.05, 0.1) is 24.2 Å². The highest BCUT2D eigenvalue weighted by Crippen LogP contribution is 2.34. The van der Waals surface area contributed by atoms with Crippen LogP contribution in [-0.2, 0) is 16.0 Å². The molecule has 10 heteroatoms. The van der Waals surface area contributed by atoms with Gasteiger partial charge in [-0.05, 0) is 25.8 Å². The van der Waals surface area contributed by atoms with E-state index >= 15 is 0 Å². The summed E-state index contributed by atoms with van der Waals surface area (Å²) in [5, 5.41) is 16.6. The average Bonchev–Trinajstić information content (AvgIpc) is 3.19. The zero-order valence-corrected chi connectivity index (χ0v) is 16.3. The van der Waals surface area contributed by atoms with Gasteiger partial charge >= 0.3 is 11.0 Å².